The van der Waals surface area contributed by atoms with Crippen molar-refractivity contribution in [2.75, 3.05) is 17.2 Å². The van der Waals surface area contributed by atoms with E-state index in [0.717, 1.165) is 33.8 Å². The lowest BCUT2D eigenvalue weighted by Gasteiger charge is -2.28. The van der Waals surface area contributed by atoms with Gasteiger partial charge in [-0.2, -0.15) is 10.2 Å². The van der Waals surface area contributed by atoms with Crippen molar-refractivity contribution in [1.29, 1.82) is 0 Å². The first-order valence-electron chi connectivity index (χ1n) is 8.51. The normalized spacial score (nSPS) is 17.9. The topological polar surface area (TPSA) is 99.1 Å². The van der Waals surface area contributed by atoms with Crippen molar-refractivity contribution in [2.24, 2.45) is 4.99 Å². The number of amidine groups is 1. The second-order valence-corrected chi connectivity index (χ2v) is 6.28. The maximum absolute atomic E-state index is 11.1. The highest BCUT2D eigenvalue weighted by molar-refractivity contribution is 5.88. The van der Waals surface area contributed by atoms with Crippen molar-refractivity contribution in [3.05, 3.63) is 60.4 Å². The highest BCUT2D eigenvalue weighted by atomic mass is 16.7. The molecule has 0 saturated heterocycles. The second-order valence-electron chi connectivity index (χ2n) is 6.28. The Hall–Kier alpha value is -3.59. The number of carbonyl (C=O) groups excluding carboxylic acids is 1. The number of carbonyl (C=O) groups is 1. The molecular weight excluding hydrogens is 346 g/mol. The van der Waals surface area contributed by atoms with Crippen LogP contribution < -0.4 is 20.4 Å². The molecule has 4 rings (SSSR count). The number of hydrogen-bond donors (Lipinski definition) is 4. The average molecular weight is 366 g/mol. The van der Waals surface area contributed by atoms with Crippen LogP contribution in [0.2, 0.25) is 0 Å². The summed E-state index contributed by atoms with van der Waals surface area (Å²) in [4.78, 5) is 22.5. The molecule has 2 aliphatic heterocycles. The van der Waals surface area contributed by atoms with Crippen LogP contribution in [0.3, 0.4) is 0 Å². The molecule has 1 aromatic heterocycles. The molecule has 1 aromatic carbocycles. The predicted molar refractivity (Wildman–Crippen MR) is 101 cm³/mol. The van der Waals surface area contributed by atoms with E-state index in [9.17, 15) is 4.79 Å². The molecule has 4 N–H and O–H groups in total. The van der Waals surface area contributed by atoms with Crippen LogP contribution in [0.15, 0.2) is 59.7 Å². The van der Waals surface area contributed by atoms with Crippen molar-refractivity contribution < 1.29 is 14.5 Å². The maximum Gasteiger partial charge on any atom is 0.236 e. The smallest absolute Gasteiger partial charge is 0.236 e. The molecule has 0 saturated carbocycles. The largest absolute Gasteiger partial charge is 0.379 e. The molecule has 3 heterocycles. The van der Waals surface area contributed by atoms with Crippen LogP contribution in [-0.4, -0.2) is 33.5 Å². The highest BCUT2D eigenvalue weighted by Crippen LogP contribution is 2.18. The molecule has 0 radical (unpaired) electrons. The summed E-state index contributed by atoms with van der Waals surface area (Å²) >= 11 is 0. The molecule has 1 atom stereocenters. The van der Waals surface area contributed by atoms with Gasteiger partial charge in [-0.05, 0) is 31.2 Å². The summed E-state index contributed by atoms with van der Waals surface area (Å²) < 4.78 is 0. The molecule has 0 bridgehead atoms. The lowest BCUT2D eigenvalue weighted by Crippen LogP contribution is -3.10. The zero-order chi connectivity index (χ0) is 18.8. The molecule has 2 aromatic rings. The van der Waals surface area contributed by atoms with E-state index < -0.39 is 0 Å². The fraction of sp³-hybridized carbons (Fsp3) is 0.167. The number of fused-ring (bicyclic) bond motifs is 1. The summed E-state index contributed by atoms with van der Waals surface area (Å²) in [5.74, 6) is 3.05. The summed E-state index contributed by atoms with van der Waals surface area (Å²) in [6, 6.07) is 9.12. The van der Waals surface area contributed by atoms with E-state index in [-0.39, 0.29) is 5.91 Å². The number of anilines is 2. The van der Waals surface area contributed by atoms with Crippen molar-refractivity contribution in [3.63, 3.8) is 0 Å². The van der Waals surface area contributed by atoms with Crippen molar-refractivity contribution in [3.8, 4) is 5.75 Å². The number of aromatic nitrogens is 2. The number of quaternary nitrogens is 1. The molecule has 0 aliphatic carbocycles. The van der Waals surface area contributed by atoms with Crippen molar-refractivity contribution >= 4 is 23.2 Å². The van der Waals surface area contributed by atoms with E-state index in [4.69, 9.17) is 4.84 Å². The molecular formula is C18H20N7O2+. The van der Waals surface area contributed by atoms with Gasteiger partial charge in [0.25, 0.3) is 0 Å². The minimum atomic E-state index is -0.109. The number of aromatic amines is 1. The molecule has 1 amide bonds. The molecule has 9 nitrogen and oxygen atoms in total. The van der Waals surface area contributed by atoms with Gasteiger partial charge in [-0.3, -0.25) is 15.2 Å². The lowest BCUT2D eigenvalue weighted by atomic mass is 10.3. The number of nitrogens with zero attached hydrogens (tertiary/aromatic N) is 3. The third-order valence-electron chi connectivity index (χ3n) is 4.02. The van der Waals surface area contributed by atoms with Crippen LogP contribution in [0, 0.1) is 6.92 Å². The van der Waals surface area contributed by atoms with E-state index >= 15 is 0 Å². The van der Waals surface area contributed by atoms with Gasteiger partial charge in [0.2, 0.25) is 17.6 Å². The molecule has 1 unspecified atom stereocenters. The SMILES string of the molecule is CC(=O)Nc1ccc(ON2C=C(Nc3cc(C)[nH]n3)[NH+]3C=CN=C3C2)cc1. The number of H-pyrrole nitrogens is 1. The first-order chi connectivity index (χ1) is 13.1. The predicted octanol–water partition coefficient (Wildman–Crippen LogP) is 0.965. The number of nitrogens with one attached hydrogen (secondary N) is 4. The number of aliphatic imine (C=N–C) groups is 1. The fourth-order valence-corrected chi connectivity index (χ4v) is 2.86. The number of rotatable bonds is 5. The van der Waals surface area contributed by atoms with Gasteiger partial charge < -0.3 is 10.2 Å². The summed E-state index contributed by atoms with van der Waals surface area (Å²) in [6.07, 6.45) is 5.63. The Balaban J connectivity index is 1.51. The van der Waals surface area contributed by atoms with E-state index in [2.05, 4.69) is 25.8 Å². The van der Waals surface area contributed by atoms with Crippen LogP contribution >= 0.6 is 0 Å². The number of amides is 1. The summed E-state index contributed by atoms with van der Waals surface area (Å²) in [5.41, 5.74) is 1.70. The van der Waals surface area contributed by atoms with Gasteiger partial charge in [0, 0.05) is 24.4 Å². The van der Waals surface area contributed by atoms with Crippen LogP contribution in [-0.2, 0) is 4.79 Å². The van der Waals surface area contributed by atoms with E-state index in [1.54, 1.807) is 35.5 Å². The lowest BCUT2D eigenvalue weighted by molar-refractivity contribution is -0.701. The first-order valence-corrected chi connectivity index (χ1v) is 8.51. The summed E-state index contributed by atoms with van der Waals surface area (Å²) in [7, 11) is 0. The van der Waals surface area contributed by atoms with Gasteiger partial charge in [0.1, 0.15) is 12.4 Å². The van der Waals surface area contributed by atoms with Gasteiger partial charge >= 0.3 is 0 Å². The molecule has 27 heavy (non-hydrogen) atoms. The van der Waals surface area contributed by atoms with E-state index in [1.807, 2.05) is 25.4 Å². The third kappa shape index (κ3) is 3.82. The van der Waals surface area contributed by atoms with Gasteiger partial charge in [-0.15, -0.1) is 0 Å². The standard InChI is InChI=1S/C18H19N7O2/c1-12-9-16(23-22-12)21-18-11-24(10-17-19-7-8-25(17)18)27-15-5-3-14(4-6-15)20-13(2)26/h3-9,11H,10H2,1-2H3,(H,20,26)(H2,21,22,23)/p+1. The number of benzene rings is 1. The Morgan fingerprint density at radius 1 is 1.33 bits per heavy atom. The highest BCUT2D eigenvalue weighted by Gasteiger charge is 2.32. The van der Waals surface area contributed by atoms with Gasteiger partial charge in [0.05, 0.1) is 6.20 Å². The zero-order valence-electron chi connectivity index (χ0n) is 15.0. The van der Waals surface area contributed by atoms with Crippen molar-refractivity contribution in [2.45, 2.75) is 13.8 Å². The summed E-state index contributed by atoms with van der Waals surface area (Å²) in [5, 5.41) is 14.9. The Kier molecular flexibility index (Phi) is 4.35. The Morgan fingerprint density at radius 2 is 2.15 bits per heavy atom. The maximum atomic E-state index is 11.1. The number of hydrogen-bond acceptors (Lipinski definition) is 6. The van der Waals surface area contributed by atoms with Crippen molar-refractivity contribution in [1.82, 2.24) is 15.3 Å². The van der Waals surface area contributed by atoms with Gasteiger partial charge in [0.15, 0.2) is 18.1 Å². The number of hydroxylamine groups is 2. The second kappa shape index (κ2) is 6.96. The molecule has 9 heteroatoms. The zero-order valence-corrected chi connectivity index (χ0v) is 15.0. The average Bonchev–Trinajstić information content (AvgIpc) is 3.25. The van der Waals surface area contributed by atoms with Gasteiger partial charge in [-0.1, -0.05) is 0 Å². The summed E-state index contributed by atoms with van der Waals surface area (Å²) in [6.45, 7) is 3.95. The molecule has 0 spiro atoms. The van der Waals surface area contributed by atoms with Crippen LogP contribution in [0.4, 0.5) is 11.5 Å². The Labute approximate surface area is 156 Å². The minimum absolute atomic E-state index is 0.109. The fourth-order valence-electron chi connectivity index (χ4n) is 2.86. The number of aryl methyl sites for hydroxylation is 1. The quantitative estimate of drug-likeness (QED) is 0.632. The van der Waals surface area contributed by atoms with E-state index in [1.165, 1.54) is 6.92 Å². The molecule has 138 valence electrons. The Morgan fingerprint density at radius 3 is 2.85 bits per heavy atom. The minimum Gasteiger partial charge on any atom is -0.379 e. The van der Waals surface area contributed by atoms with Crippen LogP contribution in [0.25, 0.3) is 0 Å². The van der Waals surface area contributed by atoms with Gasteiger partial charge in [-0.25, -0.2) is 9.89 Å². The van der Waals surface area contributed by atoms with Crippen LogP contribution in [0.1, 0.15) is 12.6 Å². The Bertz CT molecular complexity index is 943. The first kappa shape index (κ1) is 16.9. The van der Waals surface area contributed by atoms with E-state index in [0.29, 0.717) is 12.3 Å². The third-order valence-corrected chi connectivity index (χ3v) is 4.02. The molecule has 0 fully saturated rings. The molecule has 2 aliphatic rings. The van der Waals surface area contributed by atoms with Crippen LogP contribution in [0.5, 0.6) is 5.75 Å². The monoisotopic (exact) mass is 366 g/mol.